The summed E-state index contributed by atoms with van der Waals surface area (Å²) in [5.74, 6) is -0.150. The predicted octanol–water partition coefficient (Wildman–Crippen LogP) is 3.48. The van der Waals surface area contributed by atoms with Gasteiger partial charge in [0, 0.05) is 10.9 Å². The van der Waals surface area contributed by atoms with Crippen LogP contribution in [-0.4, -0.2) is 21.9 Å². The smallest absolute Gasteiger partial charge is 0.251 e. The molecule has 18 heavy (non-hydrogen) atoms. The molecule has 0 spiro atoms. The van der Waals surface area contributed by atoms with Crippen LogP contribution in [0.25, 0.3) is 0 Å². The molecule has 0 heterocycles. The monoisotopic (exact) mass is 331 g/mol. The Morgan fingerprint density at radius 1 is 1.44 bits per heavy atom. The summed E-state index contributed by atoms with van der Waals surface area (Å²) in [5.41, 5.74) is 0.339. The molecule has 0 atom stereocenters. The Bertz CT molecular complexity index is 458. The first-order chi connectivity index (χ1) is 8.56. The molecule has 98 valence electrons. The Hall–Kier alpha value is -0.740. The van der Waals surface area contributed by atoms with Gasteiger partial charge in [0.05, 0.1) is 10.6 Å². The Morgan fingerprint density at radius 3 is 2.67 bits per heavy atom. The fourth-order valence-electron chi connectivity index (χ4n) is 2.30. The fourth-order valence-corrected chi connectivity index (χ4v) is 3.19. The van der Waals surface area contributed by atoms with Crippen molar-refractivity contribution in [3.8, 4) is 5.75 Å². The number of amides is 1. The molecule has 0 unspecified atom stereocenters. The summed E-state index contributed by atoms with van der Waals surface area (Å²) in [6.45, 7) is 0. The molecule has 0 aliphatic heterocycles. The van der Waals surface area contributed by atoms with Crippen LogP contribution in [-0.2, 0) is 0 Å². The van der Waals surface area contributed by atoms with Gasteiger partial charge >= 0.3 is 0 Å². The lowest BCUT2D eigenvalue weighted by Gasteiger charge is -2.28. The maximum absolute atomic E-state index is 12.2. The van der Waals surface area contributed by atoms with Crippen molar-refractivity contribution in [3.05, 3.63) is 28.8 Å². The van der Waals surface area contributed by atoms with Crippen LogP contribution in [0.3, 0.4) is 0 Å². The van der Waals surface area contributed by atoms with Gasteiger partial charge in [-0.15, -0.1) is 0 Å². The molecule has 1 aliphatic carbocycles. The zero-order valence-corrected chi connectivity index (χ0v) is 12.2. The van der Waals surface area contributed by atoms with Crippen molar-refractivity contribution in [3.63, 3.8) is 0 Å². The fraction of sp³-hybridized carbons (Fsp3) is 0.462. The highest BCUT2D eigenvalue weighted by atomic mass is 79.9. The van der Waals surface area contributed by atoms with E-state index in [-0.39, 0.29) is 22.2 Å². The average molecular weight is 333 g/mol. The second kappa shape index (κ2) is 5.49. The van der Waals surface area contributed by atoms with Crippen molar-refractivity contribution in [1.82, 2.24) is 5.32 Å². The molecular weight excluding hydrogens is 318 g/mol. The van der Waals surface area contributed by atoms with Crippen LogP contribution in [0.5, 0.6) is 5.75 Å². The number of benzene rings is 1. The zero-order valence-electron chi connectivity index (χ0n) is 9.88. The molecule has 0 saturated heterocycles. The van der Waals surface area contributed by atoms with Crippen molar-refractivity contribution in [1.29, 1.82) is 0 Å². The largest absolute Gasteiger partial charge is 0.506 e. The van der Waals surface area contributed by atoms with E-state index in [0.29, 0.717) is 5.56 Å². The lowest BCUT2D eigenvalue weighted by atomic mass is 10.00. The SMILES string of the molecule is O=C(NC1(CBr)CCCC1)c1ccc(O)c(Cl)c1. The molecule has 1 aromatic carbocycles. The van der Waals surface area contributed by atoms with E-state index in [1.807, 2.05) is 0 Å². The number of nitrogens with one attached hydrogen (secondary N) is 1. The Kier molecular flexibility index (Phi) is 4.17. The molecular formula is C13H15BrClNO2. The maximum atomic E-state index is 12.2. The van der Waals surface area contributed by atoms with Crippen molar-refractivity contribution in [2.24, 2.45) is 0 Å². The molecule has 1 amide bonds. The van der Waals surface area contributed by atoms with Gasteiger partial charge in [0.1, 0.15) is 5.75 Å². The van der Waals surface area contributed by atoms with Gasteiger partial charge in [0.25, 0.3) is 5.91 Å². The molecule has 0 aromatic heterocycles. The molecule has 0 bridgehead atoms. The number of halogens is 2. The highest BCUT2D eigenvalue weighted by Crippen LogP contribution is 2.32. The lowest BCUT2D eigenvalue weighted by Crippen LogP contribution is -2.47. The quantitative estimate of drug-likeness (QED) is 0.833. The Labute approximate surface area is 120 Å². The van der Waals surface area contributed by atoms with Gasteiger partial charge in [-0.05, 0) is 31.0 Å². The lowest BCUT2D eigenvalue weighted by molar-refractivity contribution is 0.0910. The summed E-state index contributed by atoms with van der Waals surface area (Å²) in [5, 5.41) is 13.4. The van der Waals surface area contributed by atoms with E-state index >= 15 is 0 Å². The van der Waals surface area contributed by atoms with Crippen molar-refractivity contribution >= 4 is 33.4 Å². The van der Waals surface area contributed by atoms with Crippen LogP contribution in [0.4, 0.5) is 0 Å². The number of rotatable bonds is 3. The van der Waals surface area contributed by atoms with E-state index in [1.54, 1.807) is 6.07 Å². The number of phenolic OH excluding ortho intramolecular Hbond substituents is 1. The van der Waals surface area contributed by atoms with Gasteiger partial charge in [-0.2, -0.15) is 0 Å². The number of alkyl halides is 1. The van der Waals surface area contributed by atoms with Crippen LogP contribution in [0.15, 0.2) is 18.2 Å². The first-order valence-corrected chi connectivity index (χ1v) is 7.43. The van der Waals surface area contributed by atoms with Crippen LogP contribution >= 0.6 is 27.5 Å². The third-order valence-corrected chi connectivity index (χ3v) is 4.78. The van der Waals surface area contributed by atoms with Gasteiger partial charge < -0.3 is 10.4 Å². The van der Waals surface area contributed by atoms with Crippen LogP contribution in [0, 0.1) is 0 Å². The molecule has 3 nitrogen and oxygen atoms in total. The average Bonchev–Trinajstić information content (AvgIpc) is 2.82. The predicted molar refractivity (Wildman–Crippen MR) is 75.6 cm³/mol. The minimum Gasteiger partial charge on any atom is -0.506 e. The first kappa shape index (κ1) is 13.7. The maximum Gasteiger partial charge on any atom is 0.251 e. The second-order valence-corrected chi connectivity index (χ2v) is 5.71. The third kappa shape index (κ3) is 2.81. The Balaban J connectivity index is 2.13. The summed E-state index contributed by atoms with van der Waals surface area (Å²) in [7, 11) is 0. The first-order valence-electron chi connectivity index (χ1n) is 5.93. The van der Waals surface area contributed by atoms with Crippen LogP contribution in [0.1, 0.15) is 36.0 Å². The second-order valence-electron chi connectivity index (χ2n) is 4.74. The number of aromatic hydroxyl groups is 1. The highest BCUT2D eigenvalue weighted by molar-refractivity contribution is 9.09. The summed E-state index contributed by atoms with van der Waals surface area (Å²) >= 11 is 9.28. The molecule has 1 aliphatic rings. The van der Waals surface area contributed by atoms with Gasteiger partial charge in [0.2, 0.25) is 0 Å². The number of carbonyl (C=O) groups excluding carboxylic acids is 1. The normalized spacial score (nSPS) is 17.7. The van der Waals surface area contributed by atoms with Crippen molar-refractivity contribution < 1.29 is 9.90 Å². The molecule has 5 heteroatoms. The number of hydrogen-bond donors (Lipinski definition) is 2. The molecule has 1 fully saturated rings. The molecule has 0 radical (unpaired) electrons. The van der Waals surface area contributed by atoms with E-state index in [1.165, 1.54) is 12.1 Å². The van der Waals surface area contributed by atoms with Gasteiger partial charge in [-0.3, -0.25) is 4.79 Å². The Morgan fingerprint density at radius 2 is 2.11 bits per heavy atom. The van der Waals surface area contributed by atoms with Crippen molar-refractivity contribution in [2.75, 3.05) is 5.33 Å². The summed E-state index contributed by atoms with van der Waals surface area (Å²) in [6, 6.07) is 4.50. The van der Waals surface area contributed by atoms with Crippen LogP contribution in [0.2, 0.25) is 5.02 Å². The topological polar surface area (TPSA) is 49.3 Å². The molecule has 1 saturated carbocycles. The number of phenols is 1. The highest BCUT2D eigenvalue weighted by Gasteiger charge is 2.34. The summed E-state index contributed by atoms with van der Waals surface area (Å²) < 4.78 is 0. The standard InChI is InChI=1S/C13H15BrClNO2/c14-8-13(5-1-2-6-13)16-12(18)9-3-4-11(17)10(15)7-9/h3-4,7,17H,1-2,5-6,8H2,(H,16,18). The number of carbonyl (C=O) groups is 1. The van der Waals surface area contributed by atoms with Crippen molar-refractivity contribution in [2.45, 2.75) is 31.2 Å². The minimum atomic E-state index is -0.141. The van der Waals surface area contributed by atoms with E-state index < -0.39 is 0 Å². The van der Waals surface area contributed by atoms with E-state index in [2.05, 4.69) is 21.2 Å². The van der Waals surface area contributed by atoms with Crippen LogP contribution < -0.4 is 5.32 Å². The van der Waals surface area contributed by atoms with E-state index in [4.69, 9.17) is 11.6 Å². The molecule has 1 aromatic rings. The third-order valence-electron chi connectivity index (χ3n) is 3.41. The molecule has 2 rings (SSSR count). The zero-order chi connectivity index (χ0) is 13.2. The van der Waals surface area contributed by atoms with E-state index in [0.717, 1.165) is 31.0 Å². The van der Waals surface area contributed by atoms with Gasteiger partial charge in [-0.25, -0.2) is 0 Å². The summed E-state index contributed by atoms with van der Waals surface area (Å²) in [6.07, 6.45) is 4.27. The molecule has 2 N–H and O–H groups in total. The minimum absolute atomic E-state index is 0.00992. The van der Waals surface area contributed by atoms with E-state index in [9.17, 15) is 9.90 Å². The summed E-state index contributed by atoms with van der Waals surface area (Å²) in [4.78, 5) is 12.2. The number of hydrogen-bond acceptors (Lipinski definition) is 2. The van der Waals surface area contributed by atoms with Gasteiger partial charge in [-0.1, -0.05) is 40.4 Å². The van der Waals surface area contributed by atoms with Gasteiger partial charge in [0.15, 0.2) is 0 Å².